The summed E-state index contributed by atoms with van der Waals surface area (Å²) in [5.41, 5.74) is 0.343. The summed E-state index contributed by atoms with van der Waals surface area (Å²) in [5.74, 6) is 1.10. The van der Waals surface area contributed by atoms with Gasteiger partial charge in [-0.1, -0.05) is 31.0 Å². The van der Waals surface area contributed by atoms with Gasteiger partial charge in [0.1, 0.15) is 6.61 Å². The number of para-hydroxylation sites is 2. The van der Waals surface area contributed by atoms with Gasteiger partial charge in [0, 0.05) is 25.7 Å². The molecule has 7 nitrogen and oxygen atoms in total. The van der Waals surface area contributed by atoms with Crippen molar-refractivity contribution < 1.29 is 22.7 Å². The second kappa shape index (κ2) is 9.28. The van der Waals surface area contributed by atoms with Crippen molar-refractivity contribution in [1.29, 1.82) is 0 Å². The number of carbonyl (C=O) groups is 1. The molecule has 8 heteroatoms. The van der Waals surface area contributed by atoms with E-state index in [1.165, 1.54) is 10.4 Å². The number of fused-ring (bicyclic) bond motifs is 1. The molecule has 2 heterocycles. The zero-order valence-electron chi connectivity index (χ0n) is 17.7. The number of ether oxygens (including phenoxy) is 2. The Kier molecular flexibility index (Phi) is 6.48. The maximum Gasteiger partial charge on any atom is 0.253 e. The number of hydrogen-bond donors (Lipinski definition) is 0. The number of nitrogens with zero attached hydrogens (tertiary/aromatic N) is 2. The molecule has 1 fully saturated rings. The van der Waals surface area contributed by atoms with E-state index in [4.69, 9.17) is 9.47 Å². The standard InChI is InChI=1S/C23H28N2O5S/c1-24(16-19-17-29-21-11-4-5-12-22(21)30-19)23(26)18-9-8-10-20(15-18)31(27,28)25-13-6-2-3-7-14-25/h4-5,8-12,15,19H,2-3,6-7,13-14,16-17H2,1H3. The van der Waals surface area contributed by atoms with Crippen LogP contribution in [0.5, 0.6) is 11.5 Å². The Balaban J connectivity index is 1.45. The fourth-order valence-electron chi connectivity index (χ4n) is 3.98. The van der Waals surface area contributed by atoms with E-state index >= 15 is 0 Å². The molecule has 1 saturated heterocycles. The van der Waals surface area contributed by atoms with Gasteiger partial charge < -0.3 is 14.4 Å². The molecule has 0 radical (unpaired) electrons. The fourth-order valence-corrected chi connectivity index (χ4v) is 5.55. The zero-order valence-corrected chi connectivity index (χ0v) is 18.5. The highest BCUT2D eigenvalue weighted by atomic mass is 32.2. The van der Waals surface area contributed by atoms with Gasteiger partial charge in [0.15, 0.2) is 17.6 Å². The number of amides is 1. The summed E-state index contributed by atoms with van der Waals surface area (Å²) in [6.45, 7) is 1.73. The molecule has 0 aliphatic carbocycles. The van der Waals surface area contributed by atoms with Crippen molar-refractivity contribution in [1.82, 2.24) is 9.21 Å². The third-order valence-electron chi connectivity index (χ3n) is 5.68. The molecule has 0 N–H and O–H groups in total. The van der Waals surface area contributed by atoms with Gasteiger partial charge in [0.25, 0.3) is 5.91 Å². The van der Waals surface area contributed by atoms with Gasteiger partial charge in [-0.25, -0.2) is 8.42 Å². The zero-order chi connectivity index (χ0) is 21.8. The number of rotatable bonds is 5. The highest BCUT2D eigenvalue weighted by Crippen LogP contribution is 2.31. The van der Waals surface area contributed by atoms with E-state index in [-0.39, 0.29) is 16.9 Å². The van der Waals surface area contributed by atoms with Gasteiger partial charge in [-0.15, -0.1) is 0 Å². The first-order valence-electron chi connectivity index (χ1n) is 10.7. The number of likely N-dealkylation sites (N-methyl/N-ethyl adjacent to an activating group) is 1. The van der Waals surface area contributed by atoms with E-state index in [1.54, 1.807) is 30.1 Å². The molecule has 0 aromatic heterocycles. The molecule has 1 atom stereocenters. The summed E-state index contributed by atoms with van der Waals surface area (Å²) in [7, 11) is -1.93. The lowest BCUT2D eigenvalue weighted by molar-refractivity contribution is 0.0521. The molecule has 31 heavy (non-hydrogen) atoms. The average molecular weight is 445 g/mol. The lowest BCUT2D eigenvalue weighted by atomic mass is 10.2. The van der Waals surface area contributed by atoms with Gasteiger partial charge in [0.05, 0.1) is 11.4 Å². The summed E-state index contributed by atoms with van der Waals surface area (Å²) in [4.78, 5) is 14.7. The minimum atomic E-state index is -3.61. The van der Waals surface area contributed by atoms with E-state index in [0.29, 0.717) is 43.3 Å². The number of sulfonamides is 1. The Bertz CT molecular complexity index is 1030. The van der Waals surface area contributed by atoms with Crippen molar-refractivity contribution in [3.8, 4) is 11.5 Å². The normalized spacial score (nSPS) is 19.5. The highest BCUT2D eigenvalue weighted by Gasteiger charge is 2.27. The van der Waals surface area contributed by atoms with E-state index in [1.807, 2.05) is 24.3 Å². The Morgan fingerprint density at radius 3 is 2.48 bits per heavy atom. The predicted octanol–water partition coefficient (Wildman–Crippen LogP) is 3.16. The van der Waals surface area contributed by atoms with Crippen LogP contribution in [0.3, 0.4) is 0 Å². The van der Waals surface area contributed by atoms with Crippen LogP contribution in [0.25, 0.3) is 0 Å². The molecule has 1 amide bonds. The van der Waals surface area contributed by atoms with Gasteiger partial charge in [-0.2, -0.15) is 4.31 Å². The second-order valence-corrected chi connectivity index (χ2v) is 9.97. The first kappa shape index (κ1) is 21.6. The molecule has 166 valence electrons. The molecule has 0 bridgehead atoms. The molecule has 4 rings (SSSR count). The molecule has 2 aromatic carbocycles. The van der Waals surface area contributed by atoms with Crippen molar-refractivity contribution in [3.63, 3.8) is 0 Å². The number of carbonyl (C=O) groups excluding carboxylic acids is 1. The van der Waals surface area contributed by atoms with E-state index in [9.17, 15) is 13.2 Å². The van der Waals surface area contributed by atoms with Crippen molar-refractivity contribution in [2.24, 2.45) is 0 Å². The van der Waals surface area contributed by atoms with Crippen LogP contribution in [-0.2, 0) is 10.0 Å². The topological polar surface area (TPSA) is 76.1 Å². The summed E-state index contributed by atoms with van der Waals surface area (Å²) >= 11 is 0. The van der Waals surface area contributed by atoms with Gasteiger partial charge in [-0.05, 0) is 43.2 Å². The minimum Gasteiger partial charge on any atom is -0.486 e. The first-order valence-corrected chi connectivity index (χ1v) is 12.1. The third kappa shape index (κ3) is 4.85. The van der Waals surface area contributed by atoms with Crippen molar-refractivity contribution in [2.45, 2.75) is 36.7 Å². The number of hydrogen-bond acceptors (Lipinski definition) is 5. The van der Waals surface area contributed by atoms with E-state index in [2.05, 4.69) is 0 Å². The van der Waals surface area contributed by atoms with Gasteiger partial charge in [0.2, 0.25) is 10.0 Å². The smallest absolute Gasteiger partial charge is 0.253 e. The lowest BCUT2D eigenvalue weighted by Crippen LogP contribution is -2.41. The van der Waals surface area contributed by atoms with Crippen LogP contribution >= 0.6 is 0 Å². The molecule has 0 spiro atoms. The van der Waals surface area contributed by atoms with E-state index in [0.717, 1.165) is 25.7 Å². The van der Waals surface area contributed by atoms with Crippen molar-refractivity contribution in [2.75, 3.05) is 33.3 Å². The molecule has 0 saturated carbocycles. The first-order chi connectivity index (χ1) is 14.9. The van der Waals surface area contributed by atoms with Crippen LogP contribution in [-0.4, -0.2) is 62.9 Å². The van der Waals surface area contributed by atoms with Gasteiger partial charge in [-0.3, -0.25) is 4.79 Å². The van der Waals surface area contributed by atoms with Crippen LogP contribution < -0.4 is 9.47 Å². The molecular weight excluding hydrogens is 416 g/mol. The van der Waals surface area contributed by atoms with Crippen LogP contribution in [0.15, 0.2) is 53.4 Å². The Hall–Kier alpha value is -2.58. The molecule has 1 unspecified atom stereocenters. The SMILES string of the molecule is CN(CC1COc2ccccc2O1)C(=O)c1cccc(S(=O)(=O)N2CCCCCC2)c1. The second-order valence-electron chi connectivity index (χ2n) is 8.03. The molecule has 2 aliphatic rings. The van der Waals surface area contributed by atoms with Crippen LogP contribution in [0.1, 0.15) is 36.0 Å². The van der Waals surface area contributed by atoms with Crippen LogP contribution in [0.4, 0.5) is 0 Å². The average Bonchev–Trinajstić information content (AvgIpc) is 3.09. The maximum absolute atomic E-state index is 13.1. The summed E-state index contributed by atoms with van der Waals surface area (Å²) in [6.07, 6.45) is 3.53. The molecule has 2 aromatic rings. The third-order valence-corrected chi connectivity index (χ3v) is 7.57. The van der Waals surface area contributed by atoms with E-state index < -0.39 is 10.0 Å². The summed E-state index contributed by atoms with van der Waals surface area (Å²) in [5, 5.41) is 0. The lowest BCUT2D eigenvalue weighted by Gasteiger charge is -2.29. The van der Waals surface area contributed by atoms with Crippen molar-refractivity contribution >= 4 is 15.9 Å². The minimum absolute atomic E-state index is 0.167. The Labute approximate surface area is 183 Å². The Morgan fingerprint density at radius 2 is 1.74 bits per heavy atom. The largest absolute Gasteiger partial charge is 0.486 e. The summed E-state index contributed by atoms with van der Waals surface area (Å²) in [6, 6.07) is 13.7. The predicted molar refractivity (Wildman–Crippen MR) is 117 cm³/mol. The van der Waals surface area contributed by atoms with Gasteiger partial charge >= 0.3 is 0 Å². The van der Waals surface area contributed by atoms with Crippen LogP contribution in [0, 0.1) is 0 Å². The monoisotopic (exact) mass is 444 g/mol. The van der Waals surface area contributed by atoms with Crippen LogP contribution in [0.2, 0.25) is 0 Å². The molecular formula is C23H28N2O5S. The quantitative estimate of drug-likeness (QED) is 0.708. The van der Waals surface area contributed by atoms with Crippen molar-refractivity contribution in [3.05, 3.63) is 54.1 Å². The number of benzene rings is 2. The Morgan fingerprint density at radius 1 is 1.03 bits per heavy atom. The maximum atomic E-state index is 13.1. The fraction of sp³-hybridized carbons (Fsp3) is 0.435. The molecule has 2 aliphatic heterocycles. The summed E-state index contributed by atoms with van der Waals surface area (Å²) < 4.78 is 39.4. The highest BCUT2D eigenvalue weighted by molar-refractivity contribution is 7.89.